The quantitative estimate of drug-likeness (QED) is 0.551. The number of aryl methyl sites for hydroxylation is 1. The Morgan fingerprint density at radius 1 is 1.30 bits per heavy atom. The molecule has 0 spiro atoms. The molecule has 2 aromatic heterocycles. The predicted octanol–water partition coefficient (Wildman–Crippen LogP) is 3.54. The molecule has 0 saturated heterocycles. The summed E-state index contributed by atoms with van der Waals surface area (Å²) < 4.78 is 19.9. The predicted molar refractivity (Wildman–Crippen MR) is 111 cm³/mol. The van der Waals surface area contributed by atoms with Crippen molar-refractivity contribution in [2.24, 2.45) is 0 Å². The van der Waals surface area contributed by atoms with Crippen LogP contribution in [0.4, 0.5) is 10.2 Å². The first-order valence-electron chi connectivity index (χ1n) is 9.84. The second kappa shape index (κ2) is 8.23. The molecule has 1 aliphatic rings. The van der Waals surface area contributed by atoms with Gasteiger partial charge in [-0.25, -0.2) is 14.4 Å². The van der Waals surface area contributed by atoms with E-state index in [0.717, 1.165) is 12.8 Å². The maximum Gasteiger partial charge on any atom is 0.254 e. The van der Waals surface area contributed by atoms with E-state index in [4.69, 9.17) is 4.42 Å². The monoisotopic (exact) mass is 410 g/mol. The average molecular weight is 410 g/mol. The first kappa shape index (κ1) is 20.0. The maximum atomic E-state index is 14.5. The van der Waals surface area contributed by atoms with Crippen LogP contribution in [0.3, 0.4) is 0 Å². The van der Waals surface area contributed by atoms with Gasteiger partial charge in [-0.15, -0.1) is 0 Å². The zero-order valence-electron chi connectivity index (χ0n) is 16.8. The van der Waals surface area contributed by atoms with E-state index < -0.39 is 11.7 Å². The van der Waals surface area contributed by atoms with Gasteiger partial charge in [0.1, 0.15) is 11.6 Å². The van der Waals surface area contributed by atoms with Crippen LogP contribution in [0.25, 0.3) is 22.5 Å². The van der Waals surface area contributed by atoms with Crippen LogP contribution in [0.2, 0.25) is 0 Å². The summed E-state index contributed by atoms with van der Waals surface area (Å²) in [5, 5.41) is 15.3. The number of pyridine rings is 1. The van der Waals surface area contributed by atoms with Gasteiger partial charge in [-0.1, -0.05) is 0 Å². The molecule has 30 heavy (non-hydrogen) atoms. The molecule has 0 radical (unpaired) electrons. The Labute approximate surface area is 173 Å². The maximum absolute atomic E-state index is 14.5. The number of rotatable bonds is 7. The molecule has 0 unspecified atom stereocenters. The lowest BCUT2D eigenvalue weighted by molar-refractivity contribution is 0.0947. The van der Waals surface area contributed by atoms with Crippen LogP contribution in [0.15, 0.2) is 41.4 Å². The van der Waals surface area contributed by atoms with Gasteiger partial charge in [-0.05, 0) is 56.0 Å². The number of hydrogen-bond acceptors (Lipinski definition) is 6. The molecule has 2 heterocycles. The van der Waals surface area contributed by atoms with Gasteiger partial charge in [0, 0.05) is 23.8 Å². The Morgan fingerprint density at radius 2 is 2.10 bits per heavy atom. The van der Waals surface area contributed by atoms with Crippen LogP contribution >= 0.6 is 0 Å². The third-order valence-electron chi connectivity index (χ3n) is 5.02. The van der Waals surface area contributed by atoms with E-state index in [1.807, 2.05) is 13.0 Å². The second-order valence-corrected chi connectivity index (χ2v) is 7.61. The highest BCUT2D eigenvalue weighted by Gasteiger charge is 2.26. The van der Waals surface area contributed by atoms with Crippen molar-refractivity contribution in [2.75, 3.05) is 11.9 Å². The highest BCUT2D eigenvalue weighted by atomic mass is 19.1. The number of nitrogens with one attached hydrogen (secondary N) is 2. The van der Waals surface area contributed by atoms with Crippen molar-refractivity contribution in [3.63, 3.8) is 0 Å². The summed E-state index contributed by atoms with van der Waals surface area (Å²) in [5.74, 6) is 0.0783. The van der Waals surface area contributed by atoms with E-state index in [2.05, 4.69) is 20.6 Å². The van der Waals surface area contributed by atoms with E-state index in [1.54, 1.807) is 25.4 Å². The number of nitrogens with zero attached hydrogens (tertiary/aromatic N) is 2. The number of hydrogen-bond donors (Lipinski definition) is 3. The normalized spacial score (nSPS) is 14.4. The highest BCUT2D eigenvalue weighted by molar-refractivity contribution is 5.96. The Hall–Kier alpha value is -3.26. The number of amides is 1. The van der Waals surface area contributed by atoms with Crippen molar-refractivity contribution >= 4 is 11.7 Å². The molecule has 0 aliphatic heterocycles. The molecule has 3 aromatic rings. The molecule has 1 amide bonds. The number of aromatic nitrogens is 2. The van der Waals surface area contributed by atoms with E-state index in [-0.39, 0.29) is 24.3 Å². The number of halogens is 1. The lowest BCUT2D eigenvalue weighted by atomic mass is 9.97. The first-order chi connectivity index (χ1) is 14.5. The Kier molecular flexibility index (Phi) is 5.50. The number of benzene rings is 1. The number of carbonyl (C=O) groups excluding carboxylic acids is 1. The zero-order chi connectivity index (χ0) is 21.3. The largest absolute Gasteiger partial charge is 0.443 e. The van der Waals surface area contributed by atoms with Crippen molar-refractivity contribution in [1.82, 2.24) is 15.3 Å². The van der Waals surface area contributed by atoms with Crippen LogP contribution < -0.4 is 10.6 Å². The Balaban J connectivity index is 1.76. The van der Waals surface area contributed by atoms with Gasteiger partial charge < -0.3 is 20.2 Å². The SMILES string of the molecule is Cc1cc(F)c(C(=O)NC2CC2)cc1-c1cnc(N[C@@H](C)CO)c(-c2cnco2)c1. The van der Waals surface area contributed by atoms with Gasteiger partial charge in [0.2, 0.25) is 0 Å². The Morgan fingerprint density at radius 3 is 2.77 bits per heavy atom. The second-order valence-electron chi connectivity index (χ2n) is 7.61. The molecule has 1 fully saturated rings. The van der Waals surface area contributed by atoms with E-state index in [1.165, 1.54) is 12.5 Å². The minimum atomic E-state index is -0.548. The van der Waals surface area contributed by atoms with Crippen LogP contribution in [0.1, 0.15) is 35.7 Å². The fraction of sp³-hybridized carbons (Fsp3) is 0.318. The standard InChI is InChI=1S/C22H23FN4O3/c1-12-5-19(23)17(22(29)27-15-3-4-15)7-16(12)14-6-18(20-9-24-11-30-20)21(25-8-14)26-13(2)10-28/h5-9,11,13,15,28H,3-4,10H2,1-2H3,(H,25,26)(H,27,29)/t13-/m0/s1. The topological polar surface area (TPSA) is 100 Å². The molecule has 3 N–H and O–H groups in total. The molecule has 1 saturated carbocycles. The molecule has 1 atom stereocenters. The zero-order valence-corrected chi connectivity index (χ0v) is 16.8. The van der Waals surface area contributed by atoms with Crippen molar-refractivity contribution in [2.45, 2.75) is 38.8 Å². The van der Waals surface area contributed by atoms with Gasteiger partial charge in [0.15, 0.2) is 12.2 Å². The number of carbonyl (C=O) groups is 1. The molecule has 7 nitrogen and oxygen atoms in total. The average Bonchev–Trinajstić information content (AvgIpc) is 3.37. The van der Waals surface area contributed by atoms with E-state index in [0.29, 0.717) is 33.8 Å². The molecule has 156 valence electrons. The third-order valence-corrected chi connectivity index (χ3v) is 5.02. The van der Waals surface area contributed by atoms with Gasteiger partial charge in [-0.2, -0.15) is 0 Å². The molecular formula is C22H23FN4O3. The fourth-order valence-corrected chi connectivity index (χ4v) is 3.19. The molecule has 8 heteroatoms. The van der Waals surface area contributed by atoms with E-state index in [9.17, 15) is 14.3 Å². The number of aliphatic hydroxyl groups is 1. The molecular weight excluding hydrogens is 387 g/mol. The summed E-state index contributed by atoms with van der Waals surface area (Å²) in [6, 6.07) is 4.71. The van der Waals surface area contributed by atoms with Crippen molar-refractivity contribution in [3.8, 4) is 22.5 Å². The highest BCUT2D eigenvalue weighted by Crippen LogP contribution is 2.33. The van der Waals surface area contributed by atoms with Crippen molar-refractivity contribution in [1.29, 1.82) is 0 Å². The molecule has 4 rings (SSSR count). The summed E-state index contributed by atoms with van der Waals surface area (Å²) in [6.45, 7) is 3.56. The van der Waals surface area contributed by atoms with E-state index >= 15 is 0 Å². The molecule has 0 bridgehead atoms. The van der Waals surface area contributed by atoms with Gasteiger partial charge in [0.25, 0.3) is 5.91 Å². The van der Waals surface area contributed by atoms with Crippen LogP contribution in [0, 0.1) is 12.7 Å². The van der Waals surface area contributed by atoms with Gasteiger partial charge in [-0.3, -0.25) is 4.79 Å². The molecule has 1 aromatic carbocycles. The van der Waals surface area contributed by atoms with Gasteiger partial charge in [0.05, 0.1) is 23.9 Å². The van der Waals surface area contributed by atoms with Crippen LogP contribution in [-0.2, 0) is 0 Å². The summed E-state index contributed by atoms with van der Waals surface area (Å²) in [5.41, 5.74) is 2.76. The van der Waals surface area contributed by atoms with Crippen molar-refractivity contribution in [3.05, 3.63) is 53.9 Å². The molecule has 1 aliphatic carbocycles. The fourth-order valence-electron chi connectivity index (χ4n) is 3.19. The van der Waals surface area contributed by atoms with Crippen LogP contribution in [-0.4, -0.2) is 39.7 Å². The number of anilines is 1. The van der Waals surface area contributed by atoms with Crippen LogP contribution in [0.5, 0.6) is 0 Å². The summed E-state index contributed by atoms with van der Waals surface area (Å²) in [4.78, 5) is 20.9. The van der Waals surface area contributed by atoms with Crippen molar-refractivity contribution < 1.29 is 18.7 Å². The summed E-state index contributed by atoms with van der Waals surface area (Å²) in [6.07, 6.45) is 6.40. The lowest BCUT2D eigenvalue weighted by Crippen LogP contribution is -2.26. The minimum absolute atomic E-state index is 0.0137. The third kappa shape index (κ3) is 4.18. The Bertz CT molecular complexity index is 1060. The summed E-state index contributed by atoms with van der Waals surface area (Å²) in [7, 11) is 0. The minimum Gasteiger partial charge on any atom is -0.443 e. The first-order valence-corrected chi connectivity index (χ1v) is 9.84. The number of aliphatic hydroxyl groups excluding tert-OH is 1. The number of oxazole rings is 1. The lowest BCUT2D eigenvalue weighted by Gasteiger charge is -2.16. The summed E-state index contributed by atoms with van der Waals surface area (Å²) >= 11 is 0. The van der Waals surface area contributed by atoms with Gasteiger partial charge >= 0.3 is 0 Å². The smallest absolute Gasteiger partial charge is 0.254 e.